The van der Waals surface area contributed by atoms with E-state index in [0.717, 1.165) is 0 Å². The van der Waals surface area contributed by atoms with Crippen LogP contribution < -0.4 is 10.1 Å². The number of alkyl halides is 2. The molecule has 0 aromatic heterocycles. The highest BCUT2D eigenvalue weighted by atomic mass is 19.3. The van der Waals surface area contributed by atoms with E-state index in [1.165, 1.54) is 24.3 Å². The molecule has 144 valence electrons. The molecule has 0 aliphatic carbocycles. The molecule has 1 N–H and O–H groups in total. The third kappa shape index (κ3) is 6.30. The summed E-state index contributed by atoms with van der Waals surface area (Å²) in [5, 5.41) is 13.6. The number of nitrogens with one attached hydrogen (secondary N) is 1. The molecule has 9 heteroatoms. The van der Waals surface area contributed by atoms with Crippen molar-refractivity contribution in [2.75, 3.05) is 18.9 Å². The third-order valence-electron chi connectivity index (χ3n) is 3.61. The zero-order valence-corrected chi connectivity index (χ0v) is 14.8. The number of hydrogen-bond acceptors (Lipinski definition) is 5. The maximum absolute atomic E-state index is 12.3. The zero-order valence-electron chi connectivity index (χ0n) is 14.8. The van der Waals surface area contributed by atoms with Gasteiger partial charge in [0.05, 0.1) is 11.5 Å². The standard InChI is InChI=1S/C18H19F2N3O4/c1-12-6-7-15(16(8-12)23(25)26)21-17(24)11-22(2)10-13-4-3-5-14(9-13)27-18(19)20/h3-9,18H,10-11H2,1-2H3,(H,21,24). The number of hydrogen-bond donors (Lipinski definition) is 1. The number of halogens is 2. The second-order valence-corrected chi connectivity index (χ2v) is 6.02. The molecular formula is C18H19F2N3O4. The SMILES string of the molecule is Cc1ccc(NC(=O)CN(C)Cc2cccc(OC(F)F)c2)c([N+](=O)[O-])c1. The van der Waals surface area contributed by atoms with Gasteiger partial charge < -0.3 is 10.1 Å². The Morgan fingerprint density at radius 3 is 2.70 bits per heavy atom. The van der Waals surface area contributed by atoms with Crippen LogP contribution in [0, 0.1) is 17.0 Å². The van der Waals surface area contributed by atoms with Crippen LogP contribution in [0.2, 0.25) is 0 Å². The Morgan fingerprint density at radius 2 is 2.04 bits per heavy atom. The van der Waals surface area contributed by atoms with Gasteiger partial charge in [0.25, 0.3) is 5.69 Å². The highest BCUT2D eigenvalue weighted by Crippen LogP contribution is 2.25. The minimum absolute atomic E-state index is 0.0367. The lowest BCUT2D eigenvalue weighted by atomic mass is 10.2. The Balaban J connectivity index is 1.97. The number of carbonyl (C=O) groups excluding carboxylic acids is 1. The van der Waals surface area contributed by atoms with Gasteiger partial charge in [-0.05, 0) is 43.3 Å². The number of nitro groups is 1. The van der Waals surface area contributed by atoms with Crippen molar-refractivity contribution in [2.24, 2.45) is 0 Å². The van der Waals surface area contributed by atoms with E-state index < -0.39 is 17.4 Å². The van der Waals surface area contributed by atoms with Gasteiger partial charge in [0.2, 0.25) is 5.91 Å². The summed E-state index contributed by atoms with van der Waals surface area (Å²) in [5.74, 6) is -0.389. The molecule has 1 amide bonds. The Bertz CT molecular complexity index is 830. The summed E-state index contributed by atoms with van der Waals surface area (Å²) in [5.41, 5.74) is 1.34. The summed E-state index contributed by atoms with van der Waals surface area (Å²) in [6, 6.07) is 10.7. The lowest BCUT2D eigenvalue weighted by Crippen LogP contribution is -2.30. The highest BCUT2D eigenvalue weighted by molar-refractivity contribution is 5.94. The number of anilines is 1. The Labute approximate surface area is 154 Å². The lowest BCUT2D eigenvalue weighted by molar-refractivity contribution is -0.384. The Kier molecular flexibility index (Phi) is 6.78. The van der Waals surface area contributed by atoms with Crippen LogP contribution in [0.25, 0.3) is 0 Å². The van der Waals surface area contributed by atoms with E-state index >= 15 is 0 Å². The van der Waals surface area contributed by atoms with E-state index in [-0.39, 0.29) is 23.7 Å². The molecule has 7 nitrogen and oxygen atoms in total. The summed E-state index contributed by atoms with van der Waals surface area (Å²) >= 11 is 0. The molecule has 27 heavy (non-hydrogen) atoms. The van der Waals surface area contributed by atoms with Crippen molar-refractivity contribution in [3.8, 4) is 5.75 Å². The first-order valence-electron chi connectivity index (χ1n) is 8.02. The van der Waals surface area contributed by atoms with Crippen molar-refractivity contribution in [3.63, 3.8) is 0 Å². The van der Waals surface area contributed by atoms with Crippen LogP contribution in [0.15, 0.2) is 42.5 Å². The number of ether oxygens (including phenoxy) is 1. The molecule has 0 bridgehead atoms. The average Bonchev–Trinajstić information content (AvgIpc) is 2.55. The predicted molar refractivity (Wildman–Crippen MR) is 95.9 cm³/mol. The number of likely N-dealkylation sites (N-methyl/N-ethyl adjacent to an activating group) is 1. The normalized spacial score (nSPS) is 10.9. The smallest absolute Gasteiger partial charge is 0.387 e. The van der Waals surface area contributed by atoms with Crippen molar-refractivity contribution >= 4 is 17.3 Å². The molecule has 2 rings (SSSR count). The summed E-state index contributed by atoms with van der Waals surface area (Å²) in [7, 11) is 1.67. The molecular weight excluding hydrogens is 360 g/mol. The largest absolute Gasteiger partial charge is 0.435 e. The Hall–Kier alpha value is -3.07. The van der Waals surface area contributed by atoms with Gasteiger partial charge >= 0.3 is 6.61 Å². The fourth-order valence-corrected chi connectivity index (χ4v) is 2.52. The van der Waals surface area contributed by atoms with Crippen LogP contribution in [0.3, 0.4) is 0 Å². The summed E-state index contributed by atoms with van der Waals surface area (Å²) in [6.07, 6.45) is 0. The topological polar surface area (TPSA) is 84.7 Å². The molecule has 0 atom stereocenters. The van der Waals surface area contributed by atoms with Gasteiger partial charge in [-0.3, -0.25) is 19.8 Å². The second kappa shape index (κ2) is 9.04. The molecule has 0 spiro atoms. The third-order valence-corrected chi connectivity index (χ3v) is 3.61. The predicted octanol–water partition coefficient (Wildman–Crippen LogP) is 3.58. The number of rotatable bonds is 8. The quantitative estimate of drug-likeness (QED) is 0.560. The summed E-state index contributed by atoms with van der Waals surface area (Å²) in [6.45, 7) is -0.915. The van der Waals surface area contributed by atoms with Crippen LogP contribution >= 0.6 is 0 Å². The average molecular weight is 379 g/mol. The van der Waals surface area contributed by atoms with Crippen molar-refractivity contribution in [2.45, 2.75) is 20.1 Å². The van der Waals surface area contributed by atoms with Gasteiger partial charge in [0.15, 0.2) is 0 Å². The number of benzene rings is 2. The van der Waals surface area contributed by atoms with E-state index in [9.17, 15) is 23.7 Å². The molecule has 0 saturated heterocycles. The minimum Gasteiger partial charge on any atom is -0.435 e. The molecule has 2 aromatic carbocycles. The zero-order chi connectivity index (χ0) is 20.0. The van der Waals surface area contributed by atoms with Gasteiger partial charge in [-0.1, -0.05) is 18.2 Å². The maximum atomic E-state index is 12.3. The first kappa shape index (κ1) is 20.2. The molecule has 0 unspecified atom stereocenters. The van der Waals surface area contributed by atoms with E-state index in [0.29, 0.717) is 17.7 Å². The summed E-state index contributed by atoms with van der Waals surface area (Å²) in [4.78, 5) is 24.4. The van der Waals surface area contributed by atoms with Crippen LogP contribution in [0.5, 0.6) is 5.75 Å². The van der Waals surface area contributed by atoms with Crippen molar-refractivity contribution < 1.29 is 23.2 Å². The van der Waals surface area contributed by atoms with Gasteiger partial charge in [-0.15, -0.1) is 0 Å². The van der Waals surface area contributed by atoms with Crippen molar-refractivity contribution in [3.05, 3.63) is 63.7 Å². The number of nitrogens with zero attached hydrogens (tertiary/aromatic N) is 2. The highest BCUT2D eigenvalue weighted by Gasteiger charge is 2.17. The van der Waals surface area contributed by atoms with Crippen molar-refractivity contribution in [1.29, 1.82) is 0 Å². The number of nitro benzene ring substituents is 1. The fourth-order valence-electron chi connectivity index (χ4n) is 2.52. The first-order valence-corrected chi connectivity index (χ1v) is 8.02. The molecule has 0 aliphatic rings. The molecule has 0 fully saturated rings. The second-order valence-electron chi connectivity index (χ2n) is 6.02. The van der Waals surface area contributed by atoms with Crippen LogP contribution in [0.4, 0.5) is 20.2 Å². The molecule has 2 aromatic rings. The number of aryl methyl sites for hydroxylation is 1. The fraction of sp³-hybridized carbons (Fsp3) is 0.278. The van der Waals surface area contributed by atoms with E-state index in [1.54, 1.807) is 37.1 Å². The maximum Gasteiger partial charge on any atom is 0.387 e. The summed E-state index contributed by atoms with van der Waals surface area (Å²) < 4.78 is 28.9. The molecule has 0 saturated carbocycles. The van der Waals surface area contributed by atoms with Crippen molar-refractivity contribution in [1.82, 2.24) is 4.90 Å². The minimum atomic E-state index is -2.91. The van der Waals surface area contributed by atoms with E-state index in [2.05, 4.69) is 10.1 Å². The number of amides is 1. The monoisotopic (exact) mass is 379 g/mol. The van der Waals surface area contributed by atoms with E-state index in [1.807, 2.05) is 0 Å². The van der Waals surface area contributed by atoms with Gasteiger partial charge in [0.1, 0.15) is 11.4 Å². The molecule has 0 heterocycles. The van der Waals surface area contributed by atoms with Gasteiger partial charge in [-0.2, -0.15) is 8.78 Å². The van der Waals surface area contributed by atoms with Gasteiger partial charge in [0, 0.05) is 12.6 Å². The molecule has 0 aliphatic heterocycles. The number of carbonyl (C=O) groups is 1. The van der Waals surface area contributed by atoms with Crippen LogP contribution in [0.1, 0.15) is 11.1 Å². The molecule has 0 radical (unpaired) electrons. The van der Waals surface area contributed by atoms with Crippen LogP contribution in [-0.4, -0.2) is 35.9 Å². The lowest BCUT2D eigenvalue weighted by Gasteiger charge is -2.17. The van der Waals surface area contributed by atoms with Gasteiger partial charge in [-0.25, -0.2) is 0 Å². The van der Waals surface area contributed by atoms with Crippen LogP contribution in [-0.2, 0) is 11.3 Å². The van der Waals surface area contributed by atoms with E-state index in [4.69, 9.17) is 0 Å². The first-order chi connectivity index (χ1) is 12.7. The Morgan fingerprint density at radius 1 is 1.30 bits per heavy atom.